The second-order valence-electron chi connectivity index (χ2n) is 6.29. The normalized spacial score (nSPS) is 19.3. The maximum atomic E-state index is 12.7. The molecule has 1 saturated heterocycles. The van der Waals surface area contributed by atoms with Crippen molar-refractivity contribution in [2.24, 2.45) is 5.92 Å². The Balaban J connectivity index is 2.15. The van der Waals surface area contributed by atoms with E-state index in [9.17, 15) is 14.7 Å². The maximum Gasteiger partial charge on any atom is 0.228 e. The van der Waals surface area contributed by atoms with Crippen molar-refractivity contribution in [2.75, 3.05) is 18.0 Å². The zero-order valence-electron chi connectivity index (χ0n) is 13.7. The average Bonchev–Trinajstić information content (AvgIpc) is 2.86. The van der Waals surface area contributed by atoms with Gasteiger partial charge in [-0.1, -0.05) is 23.7 Å². The highest BCUT2D eigenvalue weighted by atomic mass is 35.5. The number of halogens is 1. The first-order valence-electron chi connectivity index (χ1n) is 7.84. The molecule has 0 radical (unpaired) electrons. The summed E-state index contributed by atoms with van der Waals surface area (Å²) in [6.45, 7) is 6.06. The van der Waals surface area contributed by atoms with E-state index in [1.165, 1.54) is 0 Å². The van der Waals surface area contributed by atoms with E-state index in [0.29, 0.717) is 17.3 Å². The Morgan fingerprint density at radius 2 is 2.04 bits per heavy atom. The molecule has 0 aliphatic carbocycles. The molecule has 1 aromatic rings. The van der Waals surface area contributed by atoms with Gasteiger partial charge in [0, 0.05) is 25.6 Å². The van der Waals surface area contributed by atoms with Crippen molar-refractivity contribution in [1.29, 1.82) is 0 Å². The van der Waals surface area contributed by atoms with Crippen LogP contribution in [0.25, 0.3) is 0 Å². The third-order valence-corrected chi connectivity index (χ3v) is 4.30. The topological polar surface area (TPSA) is 60.9 Å². The van der Waals surface area contributed by atoms with Gasteiger partial charge in [0.2, 0.25) is 11.8 Å². The molecule has 1 N–H and O–H groups in total. The number of anilines is 1. The van der Waals surface area contributed by atoms with E-state index in [1.807, 2.05) is 19.9 Å². The molecule has 126 valence electrons. The fraction of sp³-hybridized carbons (Fsp3) is 0.529. The van der Waals surface area contributed by atoms with Crippen molar-refractivity contribution in [1.82, 2.24) is 4.90 Å². The van der Waals surface area contributed by atoms with Crippen LogP contribution in [0, 0.1) is 5.92 Å². The summed E-state index contributed by atoms with van der Waals surface area (Å²) in [5.74, 6) is -0.596. The summed E-state index contributed by atoms with van der Waals surface area (Å²) < 4.78 is 0. The second kappa shape index (κ2) is 7.32. The third-order valence-electron chi connectivity index (χ3n) is 3.98. The van der Waals surface area contributed by atoms with Crippen molar-refractivity contribution < 1.29 is 14.7 Å². The van der Waals surface area contributed by atoms with Crippen LogP contribution >= 0.6 is 11.6 Å². The van der Waals surface area contributed by atoms with Gasteiger partial charge >= 0.3 is 0 Å². The number of nitrogens with zero attached hydrogens (tertiary/aromatic N) is 2. The monoisotopic (exact) mass is 338 g/mol. The Morgan fingerprint density at radius 1 is 1.39 bits per heavy atom. The molecular formula is C17H23ClN2O3. The largest absolute Gasteiger partial charge is 0.392 e. The predicted octanol–water partition coefficient (Wildman–Crippen LogP) is 2.31. The number of amides is 2. The van der Waals surface area contributed by atoms with E-state index in [4.69, 9.17) is 11.6 Å². The molecule has 5 nitrogen and oxygen atoms in total. The summed E-state index contributed by atoms with van der Waals surface area (Å²) in [7, 11) is 0. The molecule has 1 aliphatic rings. The summed E-state index contributed by atoms with van der Waals surface area (Å²) in [6, 6.07) is 7.10. The van der Waals surface area contributed by atoms with Gasteiger partial charge < -0.3 is 14.9 Å². The Morgan fingerprint density at radius 3 is 2.61 bits per heavy atom. The highest BCUT2D eigenvalue weighted by molar-refractivity contribution is 6.33. The smallest absolute Gasteiger partial charge is 0.228 e. The number of hydrogen-bond donors (Lipinski definition) is 1. The average molecular weight is 339 g/mol. The van der Waals surface area contributed by atoms with Crippen molar-refractivity contribution in [2.45, 2.75) is 39.3 Å². The summed E-state index contributed by atoms with van der Waals surface area (Å²) in [6.07, 6.45) is -0.425. The van der Waals surface area contributed by atoms with E-state index in [0.717, 1.165) is 0 Å². The van der Waals surface area contributed by atoms with Gasteiger partial charge in [0.15, 0.2) is 0 Å². The summed E-state index contributed by atoms with van der Waals surface area (Å²) >= 11 is 6.16. The van der Waals surface area contributed by atoms with Crippen LogP contribution in [0.5, 0.6) is 0 Å². The molecule has 2 rings (SSSR count). The number of rotatable bonds is 5. The molecule has 1 fully saturated rings. The first-order valence-corrected chi connectivity index (χ1v) is 8.22. The molecule has 0 saturated carbocycles. The van der Waals surface area contributed by atoms with E-state index in [1.54, 1.807) is 34.9 Å². The summed E-state index contributed by atoms with van der Waals surface area (Å²) in [5.41, 5.74) is 0.640. The SMILES string of the molecule is CC(O)CN(C(=O)C1CC(=O)N(c2ccccc2Cl)C1)C(C)C. The van der Waals surface area contributed by atoms with Gasteiger partial charge in [-0.15, -0.1) is 0 Å². The zero-order chi connectivity index (χ0) is 17.1. The Kier molecular flexibility index (Phi) is 5.65. The van der Waals surface area contributed by atoms with Crippen LogP contribution < -0.4 is 4.90 Å². The fourth-order valence-electron chi connectivity index (χ4n) is 2.85. The molecule has 1 aromatic carbocycles. The number of para-hydroxylation sites is 1. The number of aliphatic hydroxyl groups excluding tert-OH is 1. The van der Waals surface area contributed by atoms with Gasteiger partial charge in [0.05, 0.1) is 22.7 Å². The predicted molar refractivity (Wildman–Crippen MR) is 90.4 cm³/mol. The summed E-state index contributed by atoms with van der Waals surface area (Å²) in [5, 5.41) is 10.1. The van der Waals surface area contributed by atoms with Crippen LogP contribution in [0.1, 0.15) is 27.2 Å². The highest BCUT2D eigenvalue weighted by Gasteiger charge is 2.38. The lowest BCUT2D eigenvalue weighted by molar-refractivity contribution is -0.138. The zero-order valence-corrected chi connectivity index (χ0v) is 14.5. The van der Waals surface area contributed by atoms with Gasteiger partial charge in [-0.05, 0) is 32.9 Å². The molecule has 2 amide bonds. The lowest BCUT2D eigenvalue weighted by Gasteiger charge is -2.30. The molecule has 0 aromatic heterocycles. The molecule has 0 bridgehead atoms. The van der Waals surface area contributed by atoms with E-state index in [-0.39, 0.29) is 30.8 Å². The van der Waals surface area contributed by atoms with Crippen molar-refractivity contribution in [3.05, 3.63) is 29.3 Å². The Bertz CT molecular complexity index is 589. The summed E-state index contributed by atoms with van der Waals surface area (Å²) in [4.78, 5) is 28.2. The third kappa shape index (κ3) is 4.03. The molecule has 0 spiro atoms. The lowest BCUT2D eigenvalue weighted by atomic mass is 10.1. The maximum absolute atomic E-state index is 12.7. The van der Waals surface area contributed by atoms with Gasteiger partial charge in [-0.2, -0.15) is 0 Å². The second-order valence-corrected chi connectivity index (χ2v) is 6.70. The number of benzene rings is 1. The molecule has 6 heteroatoms. The van der Waals surface area contributed by atoms with E-state index < -0.39 is 12.0 Å². The lowest BCUT2D eigenvalue weighted by Crippen LogP contribution is -2.45. The minimum Gasteiger partial charge on any atom is -0.392 e. The van der Waals surface area contributed by atoms with Crippen molar-refractivity contribution in [3.63, 3.8) is 0 Å². The van der Waals surface area contributed by atoms with Crippen LogP contribution in [-0.4, -0.2) is 47.1 Å². The molecule has 23 heavy (non-hydrogen) atoms. The fourth-order valence-corrected chi connectivity index (χ4v) is 3.09. The Labute approximate surface area is 141 Å². The number of aliphatic hydroxyl groups is 1. The minimum atomic E-state index is -0.599. The Hall–Kier alpha value is -1.59. The van der Waals surface area contributed by atoms with Crippen molar-refractivity contribution >= 4 is 29.1 Å². The molecule has 2 atom stereocenters. The first-order chi connectivity index (χ1) is 10.8. The van der Waals surface area contributed by atoms with Gasteiger partial charge in [-0.3, -0.25) is 9.59 Å². The van der Waals surface area contributed by atoms with Gasteiger partial charge in [0.1, 0.15) is 0 Å². The van der Waals surface area contributed by atoms with Crippen LogP contribution in [0.3, 0.4) is 0 Å². The van der Waals surface area contributed by atoms with Crippen LogP contribution in [-0.2, 0) is 9.59 Å². The first kappa shape index (κ1) is 17.8. The molecule has 1 heterocycles. The number of carbonyl (C=O) groups is 2. The van der Waals surface area contributed by atoms with Crippen LogP contribution in [0.15, 0.2) is 24.3 Å². The quantitative estimate of drug-likeness (QED) is 0.896. The molecule has 2 unspecified atom stereocenters. The number of carbonyl (C=O) groups excluding carboxylic acids is 2. The van der Waals surface area contributed by atoms with Crippen molar-refractivity contribution in [3.8, 4) is 0 Å². The van der Waals surface area contributed by atoms with Crippen LogP contribution in [0.2, 0.25) is 5.02 Å². The molecule has 1 aliphatic heterocycles. The van der Waals surface area contributed by atoms with E-state index in [2.05, 4.69) is 0 Å². The molecular weight excluding hydrogens is 316 g/mol. The van der Waals surface area contributed by atoms with Gasteiger partial charge in [0.25, 0.3) is 0 Å². The minimum absolute atomic E-state index is 0.0263. The van der Waals surface area contributed by atoms with Gasteiger partial charge in [-0.25, -0.2) is 0 Å². The highest BCUT2D eigenvalue weighted by Crippen LogP contribution is 2.31. The van der Waals surface area contributed by atoms with Crippen LogP contribution in [0.4, 0.5) is 5.69 Å². The number of hydrogen-bond acceptors (Lipinski definition) is 3. The standard InChI is InChI=1S/C17H23ClN2O3/c1-11(2)19(9-12(3)21)17(23)13-8-16(22)20(10-13)15-7-5-4-6-14(15)18/h4-7,11-13,21H,8-10H2,1-3H3. The van der Waals surface area contributed by atoms with E-state index >= 15 is 0 Å².